The summed E-state index contributed by atoms with van der Waals surface area (Å²) in [6, 6.07) is 0. The van der Waals surface area contributed by atoms with E-state index in [0.717, 1.165) is 20.8 Å². The van der Waals surface area contributed by atoms with E-state index in [-0.39, 0.29) is 0 Å². The molecule has 1 N–H and O–H groups in total. The molecule has 0 aliphatic carbocycles. The predicted molar refractivity (Wildman–Crippen MR) is 73.8 cm³/mol. The molecule has 11 heteroatoms. The number of rotatable bonds is 5. The van der Waals surface area contributed by atoms with Gasteiger partial charge in [0.05, 0.1) is 0 Å². The van der Waals surface area contributed by atoms with Crippen LogP contribution in [0.25, 0.3) is 0 Å². The van der Waals surface area contributed by atoms with Crippen LogP contribution in [-0.4, -0.2) is 64.9 Å². The van der Waals surface area contributed by atoms with Gasteiger partial charge in [-0.2, -0.15) is 8.78 Å². The van der Waals surface area contributed by atoms with Gasteiger partial charge in [-0.25, -0.2) is 4.79 Å². The molecule has 0 saturated carbocycles. The normalized spacial score (nSPS) is 35.2. The first-order valence-electron chi connectivity index (χ1n) is 7.75. The highest BCUT2D eigenvalue weighted by molar-refractivity contribution is 5.87. The molecule has 3 fully saturated rings. The molecule has 0 aromatic heterocycles. The van der Waals surface area contributed by atoms with Crippen LogP contribution in [0.3, 0.4) is 0 Å². The smallest absolute Gasteiger partial charge is 0.380 e. The van der Waals surface area contributed by atoms with Crippen LogP contribution < -0.4 is 0 Å². The van der Waals surface area contributed by atoms with E-state index in [0.29, 0.717) is 0 Å². The largest absolute Gasteiger partial charge is 0.477 e. The second kappa shape index (κ2) is 5.60. The number of halogens is 2. The summed E-state index contributed by atoms with van der Waals surface area (Å²) >= 11 is 0. The molecule has 9 nitrogen and oxygen atoms in total. The maximum atomic E-state index is 13.8. The van der Waals surface area contributed by atoms with Crippen LogP contribution in [0.15, 0.2) is 0 Å². The summed E-state index contributed by atoms with van der Waals surface area (Å²) in [5.41, 5.74) is -2.68. The van der Waals surface area contributed by atoms with Gasteiger partial charge in [-0.1, -0.05) is 0 Å². The fourth-order valence-electron chi connectivity index (χ4n) is 3.57. The van der Waals surface area contributed by atoms with Gasteiger partial charge in [0.2, 0.25) is 0 Å². The van der Waals surface area contributed by atoms with Crippen LogP contribution in [0.2, 0.25) is 0 Å². The van der Waals surface area contributed by atoms with Gasteiger partial charge in [0.25, 0.3) is 0 Å². The van der Waals surface area contributed by atoms with Crippen LogP contribution >= 0.6 is 0 Å². The van der Waals surface area contributed by atoms with E-state index in [1.54, 1.807) is 0 Å². The lowest BCUT2D eigenvalue weighted by molar-refractivity contribution is -0.218. The fourth-order valence-corrected chi connectivity index (χ4v) is 3.57. The molecule has 0 aromatic rings. The van der Waals surface area contributed by atoms with Crippen molar-refractivity contribution in [3.63, 3.8) is 0 Å². The Morgan fingerprint density at radius 2 is 1.77 bits per heavy atom. The van der Waals surface area contributed by atoms with Crippen molar-refractivity contribution >= 4 is 23.9 Å². The average Bonchev–Trinajstić information content (AvgIpc) is 3.09. The number of carboxylic acid groups (broad SMARTS) is 1. The van der Waals surface area contributed by atoms with E-state index >= 15 is 0 Å². The third kappa shape index (κ3) is 2.44. The summed E-state index contributed by atoms with van der Waals surface area (Å²) in [6.07, 6.45) is -3.91. The first-order valence-corrected chi connectivity index (χ1v) is 7.75. The number of esters is 3. The molecule has 3 saturated heterocycles. The highest BCUT2D eigenvalue weighted by Gasteiger charge is 2.72. The quantitative estimate of drug-likeness (QED) is 0.515. The maximum absolute atomic E-state index is 13.8. The number of fused-ring (bicyclic) bond motifs is 1. The Morgan fingerprint density at radius 3 is 2.31 bits per heavy atom. The summed E-state index contributed by atoms with van der Waals surface area (Å²) in [5, 5.41) is 8.65. The Labute approximate surface area is 145 Å². The topological polar surface area (TPSA) is 125 Å². The lowest BCUT2D eigenvalue weighted by atomic mass is 9.78. The van der Waals surface area contributed by atoms with Gasteiger partial charge in [-0.3, -0.25) is 14.4 Å². The molecule has 6 unspecified atom stereocenters. The molecule has 0 spiro atoms. The number of ether oxygens (including phenoxy) is 4. The van der Waals surface area contributed by atoms with Gasteiger partial charge in [0.1, 0.15) is 24.0 Å². The minimum absolute atomic E-state index is 0.699. The number of hydrogen-bond donors (Lipinski definition) is 1. The lowest BCUT2D eigenvalue weighted by Gasteiger charge is -2.33. The van der Waals surface area contributed by atoms with Crippen LogP contribution in [-0.2, 0) is 38.1 Å². The van der Waals surface area contributed by atoms with Gasteiger partial charge < -0.3 is 24.1 Å². The van der Waals surface area contributed by atoms with E-state index in [4.69, 9.17) is 24.1 Å². The van der Waals surface area contributed by atoms with Crippen LogP contribution in [0.1, 0.15) is 20.8 Å². The summed E-state index contributed by atoms with van der Waals surface area (Å²) in [5.74, 6) is -12.0. The second-order valence-electron chi connectivity index (χ2n) is 6.90. The van der Waals surface area contributed by atoms with E-state index in [9.17, 15) is 28.0 Å². The third-order valence-electron chi connectivity index (χ3n) is 4.86. The zero-order valence-corrected chi connectivity index (χ0v) is 13.9. The molecule has 2 bridgehead atoms. The SMILES string of the molecule is CC(=O)OC1C2OC(=O)C3C2OC1C3C(=O)OC(C)(C)C(F)(F)C(=O)O. The molecule has 3 aliphatic rings. The van der Waals surface area contributed by atoms with Crippen molar-refractivity contribution < 1.29 is 52.0 Å². The zero-order chi connectivity index (χ0) is 19.6. The van der Waals surface area contributed by atoms with Gasteiger partial charge in [-0.05, 0) is 13.8 Å². The number of hydrogen-bond acceptors (Lipinski definition) is 8. The monoisotopic (exact) mass is 378 g/mol. The van der Waals surface area contributed by atoms with Gasteiger partial charge in [0.15, 0.2) is 17.8 Å². The highest BCUT2D eigenvalue weighted by atomic mass is 19.3. The van der Waals surface area contributed by atoms with Crippen LogP contribution in [0.5, 0.6) is 0 Å². The molecule has 26 heavy (non-hydrogen) atoms. The Balaban J connectivity index is 1.84. The van der Waals surface area contributed by atoms with Crippen molar-refractivity contribution in [2.24, 2.45) is 11.8 Å². The van der Waals surface area contributed by atoms with Gasteiger partial charge >= 0.3 is 29.8 Å². The van der Waals surface area contributed by atoms with E-state index < -0.39 is 71.7 Å². The highest BCUT2D eigenvalue weighted by Crippen LogP contribution is 2.52. The van der Waals surface area contributed by atoms with Crippen LogP contribution in [0.4, 0.5) is 8.78 Å². The Morgan fingerprint density at radius 1 is 1.15 bits per heavy atom. The minimum atomic E-state index is -4.37. The summed E-state index contributed by atoms with van der Waals surface area (Å²) in [4.78, 5) is 46.5. The Kier molecular flexibility index (Phi) is 3.98. The number of carbonyl (C=O) groups is 4. The van der Waals surface area contributed by atoms with E-state index in [2.05, 4.69) is 0 Å². The molecule has 0 amide bonds. The molecule has 3 aliphatic heterocycles. The second-order valence-corrected chi connectivity index (χ2v) is 6.90. The van der Waals surface area contributed by atoms with Crippen molar-refractivity contribution in [1.29, 1.82) is 0 Å². The summed E-state index contributed by atoms with van der Waals surface area (Å²) < 4.78 is 48.0. The Bertz CT molecular complexity index is 689. The number of carbonyl (C=O) groups excluding carboxylic acids is 3. The van der Waals surface area contributed by atoms with E-state index in [1.165, 1.54) is 0 Å². The van der Waals surface area contributed by atoms with Crippen molar-refractivity contribution in [1.82, 2.24) is 0 Å². The molecule has 0 aromatic carbocycles. The summed E-state index contributed by atoms with van der Waals surface area (Å²) in [6.45, 7) is 2.60. The molecular weight excluding hydrogens is 362 g/mol. The van der Waals surface area contributed by atoms with Crippen molar-refractivity contribution in [3.05, 3.63) is 0 Å². The molecular formula is C15H16F2O9. The summed E-state index contributed by atoms with van der Waals surface area (Å²) in [7, 11) is 0. The standard InChI is InChI=1S/C15H16F2O9/c1-4(18)23-9-8-6(5-7(24-8)10(9)25-11(5)19)12(20)26-14(2,3)15(16,17)13(21)22/h5-10H,1-3H3,(H,21,22). The maximum Gasteiger partial charge on any atom is 0.380 e. The fraction of sp³-hybridized carbons (Fsp3) is 0.733. The predicted octanol–water partition coefficient (Wildman–Crippen LogP) is -0.101. The van der Waals surface area contributed by atoms with Crippen LogP contribution in [0, 0.1) is 11.8 Å². The lowest BCUT2D eigenvalue weighted by Crippen LogP contribution is -2.54. The van der Waals surface area contributed by atoms with Gasteiger partial charge in [-0.15, -0.1) is 0 Å². The first kappa shape index (κ1) is 18.5. The minimum Gasteiger partial charge on any atom is -0.477 e. The van der Waals surface area contributed by atoms with Crippen molar-refractivity contribution in [3.8, 4) is 0 Å². The average molecular weight is 378 g/mol. The number of aliphatic carboxylic acids is 1. The number of carboxylic acids is 1. The molecule has 3 heterocycles. The molecule has 144 valence electrons. The third-order valence-corrected chi connectivity index (χ3v) is 4.86. The van der Waals surface area contributed by atoms with Gasteiger partial charge in [0, 0.05) is 6.92 Å². The number of alkyl halides is 2. The molecule has 3 rings (SSSR count). The molecule has 6 atom stereocenters. The Hall–Kier alpha value is -2.30. The van der Waals surface area contributed by atoms with Crippen molar-refractivity contribution in [2.75, 3.05) is 0 Å². The molecule has 0 radical (unpaired) electrons. The van der Waals surface area contributed by atoms with E-state index in [1.807, 2.05) is 0 Å². The van der Waals surface area contributed by atoms with Crippen molar-refractivity contribution in [2.45, 2.75) is 56.7 Å². The zero-order valence-electron chi connectivity index (χ0n) is 13.9. The first-order chi connectivity index (χ1) is 11.9.